The number of halogens is 2. The fraction of sp³-hybridized carbons (Fsp3) is 0.455. The molecule has 76 valence electrons. The third-order valence-corrected chi connectivity index (χ3v) is 3.88. The molecule has 0 spiro atoms. The van der Waals surface area contributed by atoms with Crippen LogP contribution < -0.4 is 5.73 Å². The Labute approximate surface area is 94.2 Å². The summed E-state index contributed by atoms with van der Waals surface area (Å²) >= 11 is 12.2. The van der Waals surface area contributed by atoms with Crippen LogP contribution in [-0.2, 0) is 0 Å². The lowest BCUT2D eigenvalue weighted by Crippen LogP contribution is -2.06. The van der Waals surface area contributed by atoms with Gasteiger partial charge in [-0.3, -0.25) is 0 Å². The van der Waals surface area contributed by atoms with Crippen molar-refractivity contribution in [2.24, 2.45) is 11.1 Å². The monoisotopic (exact) mass is 229 g/mol. The number of rotatable bonds is 1. The molecular weight excluding hydrogens is 217 g/mol. The molecule has 1 aliphatic carbocycles. The Morgan fingerprint density at radius 2 is 1.64 bits per heavy atom. The smallest absolute Gasteiger partial charge is 0.0456 e. The summed E-state index contributed by atoms with van der Waals surface area (Å²) in [6, 6.07) is 5.75. The molecule has 1 saturated carbocycles. The molecule has 2 N–H and O–H groups in total. The van der Waals surface area contributed by atoms with E-state index in [0.717, 1.165) is 15.6 Å². The van der Waals surface area contributed by atoms with E-state index < -0.39 is 0 Å². The zero-order chi connectivity index (χ0) is 10.5. The van der Waals surface area contributed by atoms with Crippen molar-refractivity contribution in [1.82, 2.24) is 0 Å². The first-order chi connectivity index (χ1) is 6.46. The molecule has 1 nitrogen and oxygen atoms in total. The molecule has 1 aliphatic rings. The van der Waals surface area contributed by atoms with Crippen molar-refractivity contribution in [2.75, 3.05) is 0 Å². The van der Waals surface area contributed by atoms with Gasteiger partial charge in [-0.15, -0.1) is 0 Å². The van der Waals surface area contributed by atoms with Crippen molar-refractivity contribution in [1.29, 1.82) is 0 Å². The van der Waals surface area contributed by atoms with E-state index in [0.29, 0.717) is 5.92 Å². The largest absolute Gasteiger partial charge is 0.327 e. The van der Waals surface area contributed by atoms with Crippen molar-refractivity contribution >= 4 is 23.2 Å². The van der Waals surface area contributed by atoms with Gasteiger partial charge in [0.1, 0.15) is 0 Å². The topological polar surface area (TPSA) is 26.0 Å². The van der Waals surface area contributed by atoms with Gasteiger partial charge in [0.2, 0.25) is 0 Å². The van der Waals surface area contributed by atoms with Crippen molar-refractivity contribution < 1.29 is 0 Å². The molecule has 1 aromatic carbocycles. The molecule has 0 amide bonds. The average Bonchev–Trinajstić information content (AvgIpc) is 2.54. The summed E-state index contributed by atoms with van der Waals surface area (Å²) in [4.78, 5) is 0. The van der Waals surface area contributed by atoms with Crippen LogP contribution in [0.3, 0.4) is 0 Å². The Balaban J connectivity index is 2.44. The molecule has 3 heteroatoms. The van der Waals surface area contributed by atoms with Gasteiger partial charge in [-0.1, -0.05) is 43.1 Å². The molecule has 14 heavy (non-hydrogen) atoms. The first kappa shape index (κ1) is 10.3. The Morgan fingerprint density at radius 1 is 1.21 bits per heavy atom. The van der Waals surface area contributed by atoms with E-state index in [-0.39, 0.29) is 11.5 Å². The maximum atomic E-state index is 6.12. The normalized spacial score (nSPS) is 28.9. The van der Waals surface area contributed by atoms with Crippen molar-refractivity contribution in [3.63, 3.8) is 0 Å². The third kappa shape index (κ3) is 1.35. The van der Waals surface area contributed by atoms with E-state index in [1.165, 1.54) is 0 Å². The highest BCUT2D eigenvalue weighted by Crippen LogP contribution is 2.59. The lowest BCUT2D eigenvalue weighted by Gasteiger charge is -2.07. The summed E-state index contributed by atoms with van der Waals surface area (Å²) in [5.74, 6) is 0.295. The van der Waals surface area contributed by atoms with Crippen LogP contribution in [0, 0.1) is 5.41 Å². The van der Waals surface area contributed by atoms with Gasteiger partial charge in [0.05, 0.1) is 0 Å². The van der Waals surface area contributed by atoms with Crippen LogP contribution in [0.1, 0.15) is 25.3 Å². The molecule has 0 aliphatic heterocycles. The second-order valence-corrected chi connectivity index (χ2v) is 5.27. The van der Waals surface area contributed by atoms with Crippen molar-refractivity contribution in [2.45, 2.75) is 25.8 Å². The van der Waals surface area contributed by atoms with Gasteiger partial charge in [0, 0.05) is 22.0 Å². The Hall–Kier alpha value is -0.240. The number of benzene rings is 1. The van der Waals surface area contributed by atoms with Crippen LogP contribution in [0.5, 0.6) is 0 Å². The highest BCUT2D eigenvalue weighted by atomic mass is 35.5. The molecule has 2 unspecified atom stereocenters. The maximum Gasteiger partial charge on any atom is 0.0456 e. The minimum absolute atomic E-state index is 0.120. The average molecular weight is 230 g/mol. The highest BCUT2D eigenvalue weighted by Gasteiger charge is 2.57. The predicted molar refractivity (Wildman–Crippen MR) is 61.0 cm³/mol. The lowest BCUT2D eigenvalue weighted by atomic mass is 10.0. The van der Waals surface area contributed by atoms with E-state index >= 15 is 0 Å². The van der Waals surface area contributed by atoms with Crippen LogP contribution in [-0.4, -0.2) is 6.04 Å². The molecule has 2 rings (SSSR count). The molecule has 2 atom stereocenters. The SMILES string of the molecule is CC1(C)C(N)C1c1c(Cl)cccc1Cl. The predicted octanol–water partition coefficient (Wildman–Crippen LogP) is 3.44. The molecule has 0 heterocycles. The van der Waals surface area contributed by atoms with E-state index in [1.807, 2.05) is 18.2 Å². The Bertz CT molecular complexity index is 353. The fourth-order valence-electron chi connectivity index (χ4n) is 2.04. The first-order valence-corrected chi connectivity index (χ1v) is 5.41. The van der Waals surface area contributed by atoms with Gasteiger partial charge in [-0.05, 0) is 23.1 Å². The minimum Gasteiger partial charge on any atom is -0.327 e. The molecule has 1 fully saturated rings. The fourth-order valence-corrected chi connectivity index (χ4v) is 2.67. The maximum absolute atomic E-state index is 6.12. The van der Waals surface area contributed by atoms with Crippen LogP contribution in [0.2, 0.25) is 10.0 Å². The second-order valence-electron chi connectivity index (χ2n) is 4.46. The number of hydrogen-bond donors (Lipinski definition) is 1. The number of hydrogen-bond acceptors (Lipinski definition) is 1. The zero-order valence-electron chi connectivity index (χ0n) is 8.22. The van der Waals surface area contributed by atoms with Gasteiger partial charge >= 0.3 is 0 Å². The summed E-state index contributed by atoms with van der Waals surface area (Å²) in [7, 11) is 0. The van der Waals surface area contributed by atoms with E-state index in [2.05, 4.69) is 13.8 Å². The molecule has 0 radical (unpaired) electrons. The Morgan fingerprint density at radius 3 is 2.00 bits per heavy atom. The van der Waals surface area contributed by atoms with Crippen molar-refractivity contribution in [3.8, 4) is 0 Å². The van der Waals surface area contributed by atoms with Crippen LogP contribution >= 0.6 is 23.2 Å². The van der Waals surface area contributed by atoms with Gasteiger partial charge in [0.25, 0.3) is 0 Å². The molecule has 1 aromatic rings. The first-order valence-electron chi connectivity index (χ1n) is 4.65. The highest BCUT2D eigenvalue weighted by molar-refractivity contribution is 6.36. The summed E-state index contributed by atoms with van der Waals surface area (Å²) in [6.07, 6.45) is 0. The van der Waals surface area contributed by atoms with Crippen LogP contribution in [0.15, 0.2) is 18.2 Å². The summed E-state index contributed by atoms with van der Waals surface area (Å²) in [6.45, 7) is 4.28. The summed E-state index contributed by atoms with van der Waals surface area (Å²) < 4.78 is 0. The van der Waals surface area contributed by atoms with Gasteiger partial charge < -0.3 is 5.73 Å². The molecule has 0 saturated heterocycles. The zero-order valence-corrected chi connectivity index (χ0v) is 9.73. The molecular formula is C11H13Cl2N. The molecule has 0 bridgehead atoms. The standard InChI is InChI=1S/C11H13Cl2N/c1-11(2)9(10(11)14)8-6(12)4-3-5-7(8)13/h3-5,9-10H,14H2,1-2H3. The summed E-state index contributed by atoms with van der Waals surface area (Å²) in [5.41, 5.74) is 7.12. The third-order valence-electron chi connectivity index (χ3n) is 3.22. The van der Waals surface area contributed by atoms with Gasteiger partial charge in [-0.2, -0.15) is 0 Å². The van der Waals surface area contributed by atoms with Crippen molar-refractivity contribution in [3.05, 3.63) is 33.8 Å². The molecule has 0 aromatic heterocycles. The van der Waals surface area contributed by atoms with Crippen LogP contribution in [0.4, 0.5) is 0 Å². The van der Waals surface area contributed by atoms with Gasteiger partial charge in [-0.25, -0.2) is 0 Å². The van der Waals surface area contributed by atoms with Crippen LogP contribution in [0.25, 0.3) is 0 Å². The Kier molecular flexibility index (Phi) is 2.30. The minimum atomic E-state index is 0.120. The van der Waals surface area contributed by atoms with Gasteiger partial charge in [0.15, 0.2) is 0 Å². The second kappa shape index (κ2) is 3.13. The van der Waals surface area contributed by atoms with E-state index in [9.17, 15) is 0 Å². The quantitative estimate of drug-likeness (QED) is 0.785. The summed E-state index contributed by atoms with van der Waals surface area (Å²) in [5, 5.41) is 1.45. The number of nitrogens with two attached hydrogens (primary N) is 1. The lowest BCUT2D eigenvalue weighted by molar-refractivity contribution is 0.599. The van der Waals surface area contributed by atoms with E-state index in [1.54, 1.807) is 0 Å². The van der Waals surface area contributed by atoms with E-state index in [4.69, 9.17) is 28.9 Å².